The van der Waals surface area contributed by atoms with E-state index < -0.39 is 0 Å². The van der Waals surface area contributed by atoms with Crippen LogP contribution in [0.15, 0.2) is 18.2 Å². The third-order valence-corrected chi connectivity index (χ3v) is 5.54. The van der Waals surface area contributed by atoms with E-state index in [-0.39, 0.29) is 12.6 Å². The Bertz CT molecular complexity index is 559. The van der Waals surface area contributed by atoms with E-state index in [9.17, 15) is 4.79 Å². The minimum absolute atomic E-state index is 0.176. The maximum absolute atomic E-state index is 12.0. The highest BCUT2D eigenvalue weighted by Gasteiger charge is 2.33. The van der Waals surface area contributed by atoms with Crippen LogP contribution in [0.2, 0.25) is 10.0 Å². The van der Waals surface area contributed by atoms with E-state index in [1.54, 1.807) is 18.2 Å². The second kappa shape index (κ2) is 8.41. The van der Waals surface area contributed by atoms with E-state index in [0.29, 0.717) is 34.4 Å². The van der Waals surface area contributed by atoms with Crippen molar-refractivity contribution in [1.29, 1.82) is 0 Å². The van der Waals surface area contributed by atoms with Crippen LogP contribution in [0.4, 0.5) is 0 Å². The lowest BCUT2D eigenvalue weighted by atomic mass is 9.84. The molecule has 3 rings (SSSR count). The summed E-state index contributed by atoms with van der Waals surface area (Å²) in [7, 11) is 0. The number of rotatable bonds is 5. The maximum Gasteiger partial charge on any atom is 0.344 e. The first-order chi connectivity index (χ1) is 11.6. The van der Waals surface area contributed by atoms with Gasteiger partial charge in [0.2, 0.25) is 0 Å². The van der Waals surface area contributed by atoms with Gasteiger partial charge in [-0.05, 0) is 50.9 Å². The molecule has 2 unspecified atom stereocenters. The lowest BCUT2D eigenvalue weighted by Crippen LogP contribution is -2.49. The highest BCUT2D eigenvalue weighted by molar-refractivity contribution is 6.37. The molecule has 0 bridgehead atoms. The molecule has 1 aromatic carbocycles. The second-order valence-electron chi connectivity index (χ2n) is 6.52. The topological polar surface area (TPSA) is 38.8 Å². The Kier molecular flexibility index (Phi) is 6.25. The van der Waals surface area contributed by atoms with Gasteiger partial charge in [0.15, 0.2) is 12.4 Å². The Morgan fingerprint density at radius 2 is 1.88 bits per heavy atom. The van der Waals surface area contributed by atoms with Gasteiger partial charge in [-0.2, -0.15) is 0 Å². The number of carbonyl (C=O) groups is 1. The predicted octanol–water partition coefficient (Wildman–Crippen LogP) is 4.18. The number of halogens is 2. The molecule has 2 aliphatic heterocycles. The molecule has 2 fully saturated rings. The summed E-state index contributed by atoms with van der Waals surface area (Å²) in [6.07, 6.45) is 6.10. The van der Waals surface area contributed by atoms with Crippen molar-refractivity contribution < 1.29 is 14.3 Å². The molecule has 2 aliphatic rings. The van der Waals surface area contributed by atoms with Crippen molar-refractivity contribution in [3.63, 3.8) is 0 Å². The summed E-state index contributed by atoms with van der Waals surface area (Å²) >= 11 is 12.0. The molecule has 24 heavy (non-hydrogen) atoms. The van der Waals surface area contributed by atoms with E-state index in [0.717, 1.165) is 6.42 Å². The molecule has 2 heterocycles. The predicted molar refractivity (Wildman–Crippen MR) is 94.9 cm³/mol. The van der Waals surface area contributed by atoms with Crippen LogP contribution < -0.4 is 4.74 Å². The lowest BCUT2D eigenvalue weighted by Gasteiger charge is -2.44. The number of esters is 1. The van der Waals surface area contributed by atoms with Crippen LogP contribution in [-0.2, 0) is 9.53 Å². The quantitative estimate of drug-likeness (QED) is 0.727. The summed E-state index contributed by atoms with van der Waals surface area (Å²) < 4.78 is 10.9. The fraction of sp³-hybridized carbons (Fsp3) is 0.611. The van der Waals surface area contributed by atoms with Crippen LogP contribution in [0, 0.1) is 5.92 Å². The van der Waals surface area contributed by atoms with Gasteiger partial charge in [-0.15, -0.1) is 0 Å². The number of fused-ring (bicyclic) bond motifs is 1. The van der Waals surface area contributed by atoms with Crippen molar-refractivity contribution >= 4 is 29.2 Å². The van der Waals surface area contributed by atoms with Gasteiger partial charge in [-0.25, -0.2) is 4.79 Å². The molecule has 132 valence electrons. The average Bonchev–Trinajstić information content (AvgIpc) is 2.59. The maximum atomic E-state index is 12.0. The van der Waals surface area contributed by atoms with E-state index in [1.807, 2.05) is 0 Å². The molecule has 2 atom stereocenters. The SMILES string of the molecule is O=C(COc1c(Cl)cccc1Cl)OCC1CCCN2CCCCC12. The minimum Gasteiger partial charge on any atom is -0.479 e. The van der Waals surface area contributed by atoms with Crippen molar-refractivity contribution in [3.05, 3.63) is 28.2 Å². The standard InChI is InChI=1S/C18H23Cl2NO3/c19-14-6-3-7-15(20)18(14)24-12-17(22)23-11-13-5-4-10-21-9-2-1-8-16(13)21/h3,6-7,13,16H,1-2,4-5,8-12H2. The highest BCUT2D eigenvalue weighted by Crippen LogP contribution is 2.33. The number of para-hydroxylation sites is 1. The van der Waals surface area contributed by atoms with Crippen LogP contribution in [0.1, 0.15) is 32.1 Å². The second-order valence-corrected chi connectivity index (χ2v) is 7.34. The van der Waals surface area contributed by atoms with Crippen LogP contribution in [0.25, 0.3) is 0 Å². The number of carbonyl (C=O) groups excluding carboxylic acids is 1. The fourth-order valence-electron chi connectivity index (χ4n) is 3.76. The van der Waals surface area contributed by atoms with Crippen LogP contribution in [-0.4, -0.2) is 43.2 Å². The third kappa shape index (κ3) is 4.35. The molecule has 0 saturated carbocycles. The smallest absolute Gasteiger partial charge is 0.344 e. The number of hydrogen-bond donors (Lipinski definition) is 0. The Morgan fingerprint density at radius 1 is 1.12 bits per heavy atom. The Hall–Kier alpha value is -0.970. The number of hydrogen-bond acceptors (Lipinski definition) is 4. The average molecular weight is 372 g/mol. The molecule has 0 radical (unpaired) electrons. The third-order valence-electron chi connectivity index (χ3n) is 4.94. The summed E-state index contributed by atoms with van der Waals surface area (Å²) in [4.78, 5) is 14.6. The Labute approximate surface area is 153 Å². The zero-order valence-corrected chi connectivity index (χ0v) is 15.2. The van der Waals surface area contributed by atoms with Gasteiger partial charge in [-0.3, -0.25) is 4.90 Å². The summed E-state index contributed by atoms with van der Waals surface area (Å²) in [6.45, 7) is 2.66. The molecule has 0 amide bonds. The molecule has 2 saturated heterocycles. The Balaban J connectivity index is 1.47. The molecule has 0 aromatic heterocycles. The molecular weight excluding hydrogens is 349 g/mol. The van der Waals surface area contributed by atoms with Crippen LogP contribution >= 0.6 is 23.2 Å². The van der Waals surface area contributed by atoms with Gasteiger partial charge in [0.25, 0.3) is 0 Å². The van der Waals surface area contributed by atoms with Gasteiger partial charge in [-0.1, -0.05) is 35.7 Å². The van der Waals surface area contributed by atoms with Crippen LogP contribution in [0.5, 0.6) is 5.75 Å². The Morgan fingerprint density at radius 3 is 2.67 bits per heavy atom. The summed E-state index contributed by atoms with van der Waals surface area (Å²) in [5, 5.41) is 0.779. The highest BCUT2D eigenvalue weighted by atomic mass is 35.5. The van der Waals surface area contributed by atoms with E-state index in [4.69, 9.17) is 32.7 Å². The van der Waals surface area contributed by atoms with E-state index in [2.05, 4.69) is 4.90 Å². The van der Waals surface area contributed by atoms with Crippen molar-refractivity contribution in [2.75, 3.05) is 26.3 Å². The van der Waals surface area contributed by atoms with Crippen molar-refractivity contribution in [2.24, 2.45) is 5.92 Å². The van der Waals surface area contributed by atoms with E-state index >= 15 is 0 Å². The molecule has 6 heteroatoms. The number of piperidine rings is 2. The van der Waals surface area contributed by atoms with E-state index in [1.165, 1.54) is 38.8 Å². The van der Waals surface area contributed by atoms with Crippen molar-refractivity contribution in [3.8, 4) is 5.75 Å². The summed E-state index contributed by atoms with van der Waals surface area (Å²) in [5.74, 6) is 0.389. The van der Waals surface area contributed by atoms with Crippen molar-refractivity contribution in [1.82, 2.24) is 4.90 Å². The molecular formula is C18H23Cl2NO3. The normalized spacial score (nSPS) is 24.2. The molecule has 4 nitrogen and oxygen atoms in total. The van der Waals surface area contributed by atoms with Gasteiger partial charge in [0.1, 0.15) is 0 Å². The number of benzene rings is 1. The first-order valence-electron chi connectivity index (χ1n) is 8.61. The zero-order valence-electron chi connectivity index (χ0n) is 13.7. The van der Waals surface area contributed by atoms with Gasteiger partial charge in [0, 0.05) is 12.0 Å². The summed E-state index contributed by atoms with van der Waals surface area (Å²) in [6, 6.07) is 5.65. The summed E-state index contributed by atoms with van der Waals surface area (Å²) in [5.41, 5.74) is 0. The number of ether oxygens (including phenoxy) is 2. The molecule has 0 aliphatic carbocycles. The van der Waals surface area contributed by atoms with Gasteiger partial charge in [0.05, 0.1) is 16.7 Å². The van der Waals surface area contributed by atoms with Gasteiger partial charge >= 0.3 is 5.97 Å². The van der Waals surface area contributed by atoms with Crippen LogP contribution in [0.3, 0.4) is 0 Å². The lowest BCUT2D eigenvalue weighted by molar-refractivity contribution is -0.149. The number of nitrogens with zero attached hydrogens (tertiary/aromatic N) is 1. The fourth-order valence-corrected chi connectivity index (χ4v) is 4.27. The first-order valence-corrected chi connectivity index (χ1v) is 9.37. The van der Waals surface area contributed by atoms with Crippen molar-refractivity contribution in [2.45, 2.75) is 38.1 Å². The first kappa shape index (κ1) is 17.8. The molecule has 1 aromatic rings. The molecule has 0 N–H and O–H groups in total. The van der Waals surface area contributed by atoms with Gasteiger partial charge < -0.3 is 9.47 Å². The monoisotopic (exact) mass is 371 g/mol. The molecule has 0 spiro atoms. The minimum atomic E-state index is -0.376. The zero-order chi connectivity index (χ0) is 16.9. The largest absolute Gasteiger partial charge is 0.479 e.